The van der Waals surface area contributed by atoms with Gasteiger partial charge in [-0.2, -0.15) is 0 Å². The van der Waals surface area contributed by atoms with Gasteiger partial charge in [0, 0.05) is 25.4 Å². The van der Waals surface area contributed by atoms with E-state index in [-0.39, 0.29) is 13.2 Å². The molecule has 0 aromatic heterocycles. The summed E-state index contributed by atoms with van der Waals surface area (Å²) in [6.45, 7) is 10.5. The number of aliphatic carboxylic acids is 2. The van der Waals surface area contributed by atoms with Crippen molar-refractivity contribution in [3.05, 3.63) is 25.3 Å². The van der Waals surface area contributed by atoms with Crippen molar-refractivity contribution in [1.29, 1.82) is 0 Å². The summed E-state index contributed by atoms with van der Waals surface area (Å²) in [7, 11) is 0. The van der Waals surface area contributed by atoms with Crippen LogP contribution < -0.4 is 0 Å². The summed E-state index contributed by atoms with van der Waals surface area (Å²) in [5.74, 6) is -1.96. The van der Waals surface area contributed by atoms with Crippen LogP contribution >= 0.6 is 0 Å². The molecular formula is C22H46O10. The number of carbonyl (C=O) groups is 2. The van der Waals surface area contributed by atoms with E-state index >= 15 is 0 Å². The fraction of sp³-hybridized carbons (Fsp3) is 0.727. The average Bonchev–Trinajstić information content (AvgIpc) is 2.74. The monoisotopic (exact) mass is 470 g/mol. The molecule has 10 heteroatoms. The fourth-order valence-electron chi connectivity index (χ4n) is 1.38. The van der Waals surface area contributed by atoms with Crippen molar-refractivity contribution in [3.63, 3.8) is 0 Å². The van der Waals surface area contributed by atoms with Crippen LogP contribution in [0.1, 0.15) is 78.1 Å². The summed E-state index contributed by atoms with van der Waals surface area (Å²) >= 11 is 0. The van der Waals surface area contributed by atoms with Crippen LogP contribution in [0.2, 0.25) is 0 Å². The summed E-state index contributed by atoms with van der Waals surface area (Å²) in [5, 5.41) is 64.7. The lowest BCUT2D eigenvalue weighted by Gasteiger charge is -1.99. The highest BCUT2D eigenvalue weighted by molar-refractivity contribution is 5.79. The number of unbranched alkanes of at least 4 members (excludes halogenated alkanes) is 5. The van der Waals surface area contributed by atoms with Crippen molar-refractivity contribution in [2.75, 3.05) is 13.2 Å². The Morgan fingerprint density at radius 3 is 1.03 bits per heavy atom. The molecule has 0 aliphatic rings. The SMILES string of the molecule is C=CC(=O)O.C=CC(=O)O.CCCCCC(O)O.CCCCCC(O)O.OCCCCO. The van der Waals surface area contributed by atoms with Crippen molar-refractivity contribution in [2.24, 2.45) is 0 Å². The molecule has 0 heterocycles. The topological polar surface area (TPSA) is 196 Å². The molecule has 0 bridgehead atoms. The molecule has 10 nitrogen and oxygen atoms in total. The van der Waals surface area contributed by atoms with Crippen LogP contribution in [0.25, 0.3) is 0 Å². The quantitative estimate of drug-likeness (QED) is 0.112. The number of hydrogen-bond donors (Lipinski definition) is 8. The Labute approximate surface area is 192 Å². The van der Waals surface area contributed by atoms with Gasteiger partial charge in [-0.25, -0.2) is 9.59 Å². The molecule has 0 atom stereocenters. The Hall–Kier alpha value is -1.82. The molecule has 0 unspecified atom stereocenters. The first-order valence-electron chi connectivity index (χ1n) is 10.6. The first kappa shape index (κ1) is 40.5. The highest BCUT2D eigenvalue weighted by Gasteiger charge is 1.94. The second-order valence-corrected chi connectivity index (χ2v) is 6.19. The normalized spacial score (nSPS) is 8.94. The maximum Gasteiger partial charge on any atom is 0.327 e. The van der Waals surface area contributed by atoms with Gasteiger partial charge in [-0.3, -0.25) is 0 Å². The summed E-state index contributed by atoms with van der Waals surface area (Å²) in [6, 6.07) is 0. The maximum absolute atomic E-state index is 9.25. The van der Waals surface area contributed by atoms with Gasteiger partial charge in [0.25, 0.3) is 0 Å². The minimum Gasteiger partial charge on any atom is -0.478 e. The molecule has 0 aromatic carbocycles. The molecular weight excluding hydrogens is 424 g/mol. The van der Waals surface area contributed by atoms with E-state index in [1.165, 1.54) is 0 Å². The Kier molecular flexibility index (Phi) is 50.2. The van der Waals surface area contributed by atoms with Crippen LogP contribution in [-0.4, -0.2) is 78.6 Å². The van der Waals surface area contributed by atoms with Gasteiger partial charge in [0.15, 0.2) is 12.6 Å². The second-order valence-electron chi connectivity index (χ2n) is 6.19. The standard InChI is InChI=1S/2C6H14O2.C4H10O2.2C3H4O2/c2*1-2-3-4-5-6(7)8;5-3-1-2-4-6;2*1-2-3(4)5/h2*6-8H,2-5H2,1H3;5-6H,1-4H2;2*2H,1H2,(H,4,5). The molecule has 32 heavy (non-hydrogen) atoms. The third-order valence-corrected chi connectivity index (χ3v) is 3.05. The van der Waals surface area contributed by atoms with Gasteiger partial charge in [-0.15, -0.1) is 0 Å². The van der Waals surface area contributed by atoms with Gasteiger partial charge in [0.05, 0.1) is 0 Å². The summed E-state index contributed by atoms with van der Waals surface area (Å²) in [6.07, 6.45) is 8.26. The van der Waals surface area contributed by atoms with Gasteiger partial charge in [-0.1, -0.05) is 52.7 Å². The van der Waals surface area contributed by atoms with E-state index in [0.717, 1.165) is 63.5 Å². The van der Waals surface area contributed by atoms with Crippen LogP contribution in [0, 0.1) is 0 Å². The van der Waals surface area contributed by atoms with Gasteiger partial charge in [-0.05, 0) is 38.5 Å². The number of rotatable bonds is 13. The Morgan fingerprint density at radius 2 is 0.906 bits per heavy atom. The first-order valence-corrected chi connectivity index (χ1v) is 10.6. The maximum atomic E-state index is 9.25. The molecule has 0 saturated carbocycles. The van der Waals surface area contributed by atoms with Crippen molar-refractivity contribution in [2.45, 2.75) is 90.6 Å². The predicted molar refractivity (Wildman–Crippen MR) is 124 cm³/mol. The summed E-state index contributed by atoms with van der Waals surface area (Å²) < 4.78 is 0. The van der Waals surface area contributed by atoms with Gasteiger partial charge >= 0.3 is 11.9 Å². The predicted octanol–water partition coefficient (Wildman–Crippen LogP) is 2.02. The number of carboxylic acid groups (broad SMARTS) is 2. The Bertz CT molecular complexity index is 349. The Balaban J connectivity index is -0.0000000965. The molecule has 8 N–H and O–H groups in total. The third-order valence-electron chi connectivity index (χ3n) is 3.05. The number of aliphatic hydroxyl groups excluding tert-OH is 4. The molecule has 0 aliphatic heterocycles. The lowest BCUT2D eigenvalue weighted by atomic mass is 10.2. The van der Waals surface area contributed by atoms with E-state index in [2.05, 4.69) is 27.0 Å². The van der Waals surface area contributed by atoms with Gasteiger partial charge < -0.3 is 40.9 Å². The van der Waals surface area contributed by atoms with Gasteiger partial charge in [0.2, 0.25) is 0 Å². The number of aliphatic hydroxyl groups is 6. The van der Waals surface area contributed by atoms with Crippen molar-refractivity contribution >= 4 is 11.9 Å². The van der Waals surface area contributed by atoms with E-state index in [1.54, 1.807) is 0 Å². The molecule has 0 fully saturated rings. The minimum atomic E-state index is -1.10. The number of hydrogen-bond acceptors (Lipinski definition) is 8. The Morgan fingerprint density at radius 1 is 0.656 bits per heavy atom. The minimum absolute atomic E-state index is 0.195. The molecule has 0 rings (SSSR count). The lowest BCUT2D eigenvalue weighted by Crippen LogP contribution is -2.02. The molecule has 194 valence electrons. The van der Waals surface area contributed by atoms with Crippen LogP contribution in [0.3, 0.4) is 0 Å². The third kappa shape index (κ3) is 90.3. The van der Waals surface area contributed by atoms with Crippen molar-refractivity contribution in [3.8, 4) is 0 Å². The molecule has 0 spiro atoms. The first-order chi connectivity index (χ1) is 15.0. The van der Waals surface area contributed by atoms with E-state index in [0.29, 0.717) is 12.8 Å². The molecule has 0 aromatic rings. The van der Waals surface area contributed by atoms with Crippen LogP contribution in [0.5, 0.6) is 0 Å². The van der Waals surface area contributed by atoms with E-state index in [4.69, 9.17) is 40.9 Å². The molecule has 0 saturated heterocycles. The zero-order valence-electron chi connectivity index (χ0n) is 19.6. The summed E-state index contributed by atoms with van der Waals surface area (Å²) in [5.41, 5.74) is 0. The molecule has 0 radical (unpaired) electrons. The van der Waals surface area contributed by atoms with Crippen LogP contribution in [0.4, 0.5) is 0 Å². The zero-order valence-corrected chi connectivity index (χ0v) is 19.6. The van der Waals surface area contributed by atoms with Crippen LogP contribution in [0.15, 0.2) is 25.3 Å². The number of carboxylic acids is 2. The largest absolute Gasteiger partial charge is 0.478 e. The zero-order chi connectivity index (χ0) is 26.2. The van der Waals surface area contributed by atoms with E-state index in [1.807, 2.05) is 0 Å². The van der Waals surface area contributed by atoms with Crippen molar-refractivity contribution < 1.29 is 50.4 Å². The fourth-order valence-corrected chi connectivity index (χ4v) is 1.38. The smallest absolute Gasteiger partial charge is 0.327 e. The average molecular weight is 471 g/mol. The summed E-state index contributed by atoms with van der Waals surface area (Å²) in [4.78, 5) is 18.5. The second kappa shape index (κ2) is 39.6. The van der Waals surface area contributed by atoms with Crippen molar-refractivity contribution in [1.82, 2.24) is 0 Å². The molecule has 0 aliphatic carbocycles. The van der Waals surface area contributed by atoms with E-state index < -0.39 is 24.5 Å². The van der Waals surface area contributed by atoms with Crippen LogP contribution in [-0.2, 0) is 9.59 Å². The lowest BCUT2D eigenvalue weighted by molar-refractivity contribution is -0.132. The molecule has 0 amide bonds. The highest BCUT2D eigenvalue weighted by atomic mass is 16.5. The van der Waals surface area contributed by atoms with E-state index in [9.17, 15) is 9.59 Å². The highest BCUT2D eigenvalue weighted by Crippen LogP contribution is 2.00. The van der Waals surface area contributed by atoms with Gasteiger partial charge in [0.1, 0.15) is 0 Å².